The second-order valence-electron chi connectivity index (χ2n) is 4.30. The minimum Gasteiger partial charge on any atom is -0.458 e. The number of hydrogen-bond acceptors (Lipinski definition) is 3. The van der Waals surface area contributed by atoms with Crippen LogP contribution in [-0.2, 0) is 16.1 Å². The van der Waals surface area contributed by atoms with Crippen molar-refractivity contribution in [2.24, 2.45) is 0 Å². The second-order valence-corrected chi connectivity index (χ2v) is 4.30. The van der Waals surface area contributed by atoms with Crippen molar-refractivity contribution in [2.75, 3.05) is 0 Å². The number of carbonyl (C=O) groups is 1. The van der Waals surface area contributed by atoms with E-state index in [1.54, 1.807) is 42.5 Å². The van der Waals surface area contributed by atoms with E-state index in [9.17, 15) is 9.18 Å². The van der Waals surface area contributed by atoms with Gasteiger partial charge in [0.2, 0.25) is 0 Å². The summed E-state index contributed by atoms with van der Waals surface area (Å²) < 4.78 is 18.0. The van der Waals surface area contributed by atoms with Crippen LogP contribution in [0.2, 0.25) is 0 Å². The van der Waals surface area contributed by atoms with E-state index in [-0.39, 0.29) is 12.4 Å². The molecule has 0 atom stereocenters. The molecule has 0 fully saturated rings. The summed E-state index contributed by atoms with van der Waals surface area (Å²) in [5, 5.41) is 8.68. The molecule has 0 saturated carbocycles. The minimum atomic E-state index is -0.511. The van der Waals surface area contributed by atoms with Gasteiger partial charge in [-0.2, -0.15) is 5.26 Å². The molecule has 0 saturated heterocycles. The molecule has 0 heterocycles. The molecule has 0 aliphatic carbocycles. The molecule has 0 unspecified atom stereocenters. The van der Waals surface area contributed by atoms with Gasteiger partial charge in [-0.25, -0.2) is 9.18 Å². The first-order chi connectivity index (χ1) is 10.2. The maximum atomic E-state index is 12.9. The Bertz CT molecular complexity index is 699. The summed E-state index contributed by atoms with van der Waals surface area (Å²) in [7, 11) is 0. The SMILES string of the molecule is N#Cc1ccc(/C=C/C(=O)OCc2cccc(F)c2)cc1. The monoisotopic (exact) mass is 281 g/mol. The highest BCUT2D eigenvalue weighted by Crippen LogP contribution is 2.07. The lowest BCUT2D eigenvalue weighted by molar-refractivity contribution is -0.138. The van der Waals surface area contributed by atoms with Crippen LogP contribution in [0.3, 0.4) is 0 Å². The summed E-state index contributed by atoms with van der Waals surface area (Å²) >= 11 is 0. The molecule has 2 aromatic rings. The van der Waals surface area contributed by atoms with E-state index in [1.807, 2.05) is 6.07 Å². The first-order valence-corrected chi connectivity index (χ1v) is 6.27. The van der Waals surface area contributed by atoms with Gasteiger partial charge in [-0.1, -0.05) is 24.3 Å². The molecule has 3 nitrogen and oxygen atoms in total. The third-order valence-electron chi connectivity index (χ3n) is 2.72. The number of esters is 1. The van der Waals surface area contributed by atoms with E-state index < -0.39 is 5.97 Å². The van der Waals surface area contributed by atoms with E-state index >= 15 is 0 Å². The fraction of sp³-hybridized carbons (Fsp3) is 0.0588. The third kappa shape index (κ3) is 4.59. The van der Waals surface area contributed by atoms with E-state index in [0.717, 1.165) is 5.56 Å². The molecule has 4 heteroatoms. The van der Waals surface area contributed by atoms with Crippen LogP contribution < -0.4 is 0 Å². The molecule has 0 amide bonds. The van der Waals surface area contributed by atoms with Gasteiger partial charge in [0.15, 0.2) is 0 Å². The lowest BCUT2D eigenvalue weighted by atomic mass is 10.1. The Kier molecular flexibility index (Phi) is 4.84. The fourth-order valence-electron chi connectivity index (χ4n) is 1.66. The highest BCUT2D eigenvalue weighted by Gasteiger charge is 2.00. The molecule has 0 bridgehead atoms. The van der Waals surface area contributed by atoms with Gasteiger partial charge in [0.05, 0.1) is 11.6 Å². The number of nitrogens with zero attached hydrogens (tertiary/aromatic N) is 1. The van der Waals surface area contributed by atoms with Crippen molar-refractivity contribution in [3.8, 4) is 6.07 Å². The van der Waals surface area contributed by atoms with Crippen molar-refractivity contribution in [1.82, 2.24) is 0 Å². The molecular weight excluding hydrogens is 269 g/mol. The van der Waals surface area contributed by atoms with Gasteiger partial charge in [0.25, 0.3) is 0 Å². The van der Waals surface area contributed by atoms with Gasteiger partial charge in [0.1, 0.15) is 12.4 Å². The van der Waals surface area contributed by atoms with Gasteiger partial charge < -0.3 is 4.74 Å². The molecule has 0 radical (unpaired) electrons. The first kappa shape index (κ1) is 14.5. The largest absolute Gasteiger partial charge is 0.458 e. The van der Waals surface area contributed by atoms with Gasteiger partial charge in [-0.3, -0.25) is 0 Å². The highest BCUT2D eigenvalue weighted by molar-refractivity contribution is 5.87. The van der Waals surface area contributed by atoms with Crippen molar-refractivity contribution in [3.05, 3.63) is 77.1 Å². The highest BCUT2D eigenvalue weighted by atomic mass is 19.1. The molecule has 2 aromatic carbocycles. The van der Waals surface area contributed by atoms with Crippen molar-refractivity contribution in [2.45, 2.75) is 6.61 Å². The van der Waals surface area contributed by atoms with Crippen LogP contribution >= 0.6 is 0 Å². The lowest BCUT2D eigenvalue weighted by Gasteiger charge is -2.02. The van der Waals surface area contributed by atoms with Crippen LogP contribution in [0.25, 0.3) is 6.08 Å². The number of rotatable bonds is 4. The predicted molar refractivity (Wildman–Crippen MR) is 76.4 cm³/mol. The lowest BCUT2D eigenvalue weighted by Crippen LogP contribution is -2.00. The Balaban J connectivity index is 1.89. The molecule has 104 valence electrons. The first-order valence-electron chi connectivity index (χ1n) is 6.27. The van der Waals surface area contributed by atoms with Crippen LogP contribution in [0.4, 0.5) is 4.39 Å². The summed E-state index contributed by atoms with van der Waals surface area (Å²) in [6, 6.07) is 14.7. The average Bonchev–Trinajstić information content (AvgIpc) is 2.51. The third-order valence-corrected chi connectivity index (χ3v) is 2.72. The van der Waals surface area contributed by atoms with E-state index in [0.29, 0.717) is 11.1 Å². The van der Waals surface area contributed by atoms with Gasteiger partial charge in [0, 0.05) is 6.08 Å². The zero-order valence-electron chi connectivity index (χ0n) is 11.1. The maximum absolute atomic E-state index is 12.9. The number of ether oxygens (including phenoxy) is 1. The molecule has 21 heavy (non-hydrogen) atoms. The average molecular weight is 281 g/mol. The van der Waals surface area contributed by atoms with Crippen LogP contribution in [0.1, 0.15) is 16.7 Å². The van der Waals surface area contributed by atoms with Crippen LogP contribution in [-0.4, -0.2) is 5.97 Å². The van der Waals surface area contributed by atoms with Crippen LogP contribution in [0.5, 0.6) is 0 Å². The van der Waals surface area contributed by atoms with Crippen molar-refractivity contribution < 1.29 is 13.9 Å². The van der Waals surface area contributed by atoms with E-state index in [2.05, 4.69) is 0 Å². The van der Waals surface area contributed by atoms with E-state index in [4.69, 9.17) is 10.00 Å². The Morgan fingerprint density at radius 1 is 1.24 bits per heavy atom. The fourth-order valence-corrected chi connectivity index (χ4v) is 1.66. The zero-order valence-corrected chi connectivity index (χ0v) is 11.1. The number of hydrogen-bond donors (Lipinski definition) is 0. The Morgan fingerprint density at radius 2 is 2.00 bits per heavy atom. The maximum Gasteiger partial charge on any atom is 0.331 e. The standard InChI is InChI=1S/C17H12FNO2/c18-16-3-1-2-15(10-16)12-21-17(20)9-8-13-4-6-14(11-19)7-5-13/h1-10H,12H2/b9-8+. The number of carbonyl (C=O) groups excluding carboxylic acids is 1. The Morgan fingerprint density at radius 3 is 2.67 bits per heavy atom. The molecule has 0 aliphatic heterocycles. The van der Waals surface area contributed by atoms with Gasteiger partial charge in [-0.05, 0) is 41.5 Å². The smallest absolute Gasteiger partial charge is 0.331 e. The summed E-state index contributed by atoms with van der Waals surface area (Å²) in [6.07, 6.45) is 2.88. The number of halogens is 1. The molecular formula is C17H12FNO2. The zero-order chi connectivity index (χ0) is 15.1. The molecule has 0 spiro atoms. The van der Waals surface area contributed by atoms with E-state index in [1.165, 1.54) is 18.2 Å². The summed E-state index contributed by atoms with van der Waals surface area (Å²) in [6.45, 7) is 0.0221. The summed E-state index contributed by atoms with van der Waals surface area (Å²) in [4.78, 5) is 11.5. The van der Waals surface area contributed by atoms with Gasteiger partial charge >= 0.3 is 5.97 Å². The number of nitriles is 1. The predicted octanol–water partition coefficient (Wildman–Crippen LogP) is 3.45. The van der Waals surface area contributed by atoms with Crippen molar-refractivity contribution >= 4 is 12.0 Å². The van der Waals surface area contributed by atoms with Crippen LogP contribution in [0, 0.1) is 17.1 Å². The normalized spacial score (nSPS) is 10.3. The number of benzene rings is 2. The quantitative estimate of drug-likeness (QED) is 0.637. The van der Waals surface area contributed by atoms with Crippen molar-refractivity contribution in [1.29, 1.82) is 5.26 Å². The van der Waals surface area contributed by atoms with Gasteiger partial charge in [-0.15, -0.1) is 0 Å². The molecule has 0 N–H and O–H groups in total. The molecule has 2 rings (SSSR count). The van der Waals surface area contributed by atoms with Crippen molar-refractivity contribution in [3.63, 3.8) is 0 Å². The summed E-state index contributed by atoms with van der Waals surface area (Å²) in [5.74, 6) is -0.875. The molecule has 0 aliphatic rings. The Labute approximate surface area is 121 Å². The van der Waals surface area contributed by atoms with Crippen LogP contribution in [0.15, 0.2) is 54.6 Å². The topological polar surface area (TPSA) is 50.1 Å². The Hall–Kier alpha value is -2.93. The second kappa shape index (κ2) is 7.01. The minimum absolute atomic E-state index is 0.0221. The molecule has 0 aromatic heterocycles. The summed E-state index contributed by atoms with van der Waals surface area (Å²) in [5.41, 5.74) is 1.94.